The molecule has 35 heavy (non-hydrogen) atoms. The summed E-state index contributed by atoms with van der Waals surface area (Å²) in [6.45, 7) is 10.8. The van der Waals surface area contributed by atoms with Crippen LogP contribution in [0.25, 0.3) is 11.8 Å². The highest BCUT2D eigenvalue weighted by atomic mass is 15.2. The fourth-order valence-corrected chi connectivity index (χ4v) is 4.18. The molecule has 0 saturated heterocycles. The third-order valence-corrected chi connectivity index (χ3v) is 5.82. The van der Waals surface area contributed by atoms with E-state index in [-0.39, 0.29) is 17.6 Å². The Morgan fingerprint density at radius 3 is 2.63 bits per heavy atom. The van der Waals surface area contributed by atoms with E-state index in [4.69, 9.17) is 16.9 Å². The standard InChI is InChI=1S/C28H29N7/c1-17-8-5-6-11-24(17)35-20(4)25-18(2)9-7-10-21(25)14-22(35)15-32-28-26(27(31)33-16-34-28)23(30)13-12-19(3)29/h5-11,14,16,19,30H,4,15,29H2,1-3H3,(H3,31,32,33,34). The Morgan fingerprint density at radius 2 is 1.89 bits per heavy atom. The van der Waals surface area contributed by atoms with Crippen molar-refractivity contribution in [2.75, 3.05) is 22.5 Å². The molecule has 0 amide bonds. The Labute approximate surface area is 206 Å². The predicted molar refractivity (Wildman–Crippen MR) is 145 cm³/mol. The van der Waals surface area contributed by atoms with Gasteiger partial charge in [-0.25, -0.2) is 9.97 Å². The molecule has 0 spiro atoms. The van der Waals surface area contributed by atoms with Crippen molar-refractivity contribution in [1.29, 1.82) is 5.41 Å². The largest absolute Gasteiger partial charge is 0.383 e. The van der Waals surface area contributed by atoms with Crippen LogP contribution in [0, 0.1) is 31.1 Å². The van der Waals surface area contributed by atoms with Crippen molar-refractivity contribution < 1.29 is 0 Å². The van der Waals surface area contributed by atoms with Crippen LogP contribution in [-0.2, 0) is 0 Å². The van der Waals surface area contributed by atoms with Crippen molar-refractivity contribution in [3.8, 4) is 11.8 Å². The summed E-state index contributed by atoms with van der Waals surface area (Å²) in [7, 11) is 0. The number of benzene rings is 2. The van der Waals surface area contributed by atoms with Crippen LogP contribution in [0.3, 0.4) is 0 Å². The maximum absolute atomic E-state index is 8.41. The Morgan fingerprint density at radius 1 is 1.14 bits per heavy atom. The highest BCUT2D eigenvalue weighted by molar-refractivity contribution is 6.16. The minimum atomic E-state index is -0.359. The number of fused-ring (bicyclic) bond motifs is 1. The van der Waals surface area contributed by atoms with Crippen LogP contribution in [-0.4, -0.2) is 28.3 Å². The first-order valence-electron chi connectivity index (χ1n) is 11.3. The molecule has 176 valence electrons. The zero-order chi connectivity index (χ0) is 25.1. The van der Waals surface area contributed by atoms with E-state index in [0.29, 0.717) is 17.9 Å². The van der Waals surface area contributed by atoms with Gasteiger partial charge in [0.1, 0.15) is 23.7 Å². The fraction of sp³-hybridized carbons (Fsp3) is 0.179. The molecule has 1 unspecified atom stereocenters. The van der Waals surface area contributed by atoms with Gasteiger partial charge in [0.2, 0.25) is 0 Å². The van der Waals surface area contributed by atoms with Crippen molar-refractivity contribution in [2.45, 2.75) is 26.8 Å². The van der Waals surface area contributed by atoms with Gasteiger partial charge in [0.05, 0.1) is 18.2 Å². The molecule has 1 aliphatic heterocycles. The molecule has 3 aromatic rings. The molecule has 1 atom stereocenters. The number of aromatic nitrogens is 2. The number of aryl methyl sites for hydroxylation is 2. The number of para-hydroxylation sites is 1. The van der Waals surface area contributed by atoms with E-state index in [1.54, 1.807) is 6.92 Å². The lowest BCUT2D eigenvalue weighted by atomic mass is 9.93. The van der Waals surface area contributed by atoms with Gasteiger partial charge < -0.3 is 21.7 Å². The molecular weight excluding hydrogens is 434 g/mol. The van der Waals surface area contributed by atoms with Crippen molar-refractivity contribution in [2.24, 2.45) is 5.73 Å². The molecule has 4 rings (SSSR count). The zero-order valence-corrected chi connectivity index (χ0v) is 20.2. The third-order valence-electron chi connectivity index (χ3n) is 5.82. The van der Waals surface area contributed by atoms with Crippen LogP contribution >= 0.6 is 0 Å². The van der Waals surface area contributed by atoms with Gasteiger partial charge in [-0.1, -0.05) is 48.9 Å². The van der Waals surface area contributed by atoms with Crippen molar-refractivity contribution in [3.63, 3.8) is 0 Å². The molecule has 1 aliphatic rings. The van der Waals surface area contributed by atoms with Crippen LogP contribution < -0.4 is 21.7 Å². The molecule has 0 saturated carbocycles. The van der Waals surface area contributed by atoms with Gasteiger partial charge in [0.15, 0.2) is 0 Å². The highest BCUT2D eigenvalue weighted by Gasteiger charge is 2.26. The second-order valence-electron chi connectivity index (χ2n) is 8.51. The number of nitrogens with zero attached hydrogens (tertiary/aromatic N) is 3. The van der Waals surface area contributed by atoms with Gasteiger partial charge in [0.25, 0.3) is 0 Å². The smallest absolute Gasteiger partial charge is 0.142 e. The van der Waals surface area contributed by atoms with E-state index < -0.39 is 0 Å². The van der Waals surface area contributed by atoms with E-state index >= 15 is 0 Å². The quantitative estimate of drug-likeness (QED) is 0.330. The fourth-order valence-electron chi connectivity index (χ4n) is 4.18. The lowest BCUT2D eigenvalue weighted by molar-refractivity contribution is 0.960. The minimum Gasteiger partial charge on any atom is -0.383 e. The van der Waals surface area contributed by atoms with Gasteiger partial charge in [-0.2, -0.15) is 0 Å². The van der Waals surface area contributed by atoms with Gasteiger partial charge in [-0.05, 0) is 55.5 Å². The SMILES string of the molecule is C=C1c2c(C)cccc2C=C(CNc2ncnc(N)c2C(=N)C#CC(C)N)N1c1ccccc1C. The first-order chi connectivity index (χ1) is 16.8. The summed E-state index contributed by atoms with van der Waals surface area (Å²) in [6, 6.07) is 14.1. The van der Waals surface area contributed by atoms with Crippen LogP contribution in [0.15, 0.2) is 61.1 Å². The predicted octanol–water partition coefficient (Wildman–Crippen LogP) is 4.34. The Hall–Kier alpha value is -4.41. The maximum atomic E-state index is 8.41. The lowest BCUT2D eigenvalue weighted by Crippen LogP contribution is -2.29. The summed E-state index contributed by atoms with van der Waals surface area (Å²) in [4.78, 5) is 10.6. The summed E-state index contributed by atoms with van der Waals surface area (Å²) < 4.78 is 0. The van der Waals surface area contributed by atoms with Gasteiger partial charge in [0, 0.05) is 22.6 Å². The molecule has 1 aromatic heterocycles. The first kappa shape index (κ1) is 23.7. The summed E-state index contributed by atoms with van der Waals surface area (Å²) in [5.74, 6) is 6.17. The number of hydrogen-bond donors (Lipinski definition) is 4. The molecule has 7 heteroatoms. The lowest BCUT2D eigenvalue weighted by Gasteiger charge is -2.35. The Kier molecular flexibility index (Phi) is 6.67. The number of nitrogen functional groups attached to an aromatic ring is 1. The van der Waals surface area contributed by atoms with Crippen LogP contribution in [0.4, 0.5) is 17.3 Å². The normalized spacial score (nSPS) is 13.3. The molecule has 0 fully saturated rings. The molecule has 0 bridgehead atoms. The monoisotopic (exact) mass is 463 g/mol. The molecule has 7 nitrogen and oxygen atoms in total. The van der Waals surface area contributed by atoms with Crippen molar-refractivity contribution in [1.82, 2.24) is 9.97 Å². The topological polar surface area (TPSA) is 117 Å². The Balaban J connectivity index is 1.75. The van der Waals surface area contributed by atoms with Gasteiger partial charge >= 0.3 is 0 Å². The number of nitrogens with one attached hydrogen (secondary N) is 2. The molecular formula is C28H29N7. The summed E-state index contributed by atoms with van der Waals surface area (Å²) in [5, 5.41) is 11.8. The third kappa shape index (κ3) is 4.79. The van der Waals surface area contributed by atoms with Crippen LogP contribution in [0.1, 0.15) is 34.7 Å². The van der Waals surface area contributed by atoms with E-state index in [2.05, 4.69) is 82.8 Å². The number of nitrogens with two attached hydrogens (primary N) is 2. The van der Waals surface area contributed by atoms with E-state index in [1.165, 1.54) is 11.9 Å². The number of anilines is 3. The van der Waals surface area contributed by atoms with Gasteiger partial charge in [-0.15, -0.1) is 0 Å². The zero-order valence-electron chi connectivity index (χ0n) is 20.2. The first-order valence-corrected chi connectivity index (χ1v) is 11.3. The second kappa shape index (κ2) is 9.84. The number of hydrogen-bond acceptors (Lipinski definition) is 7. The minimum absolute atomic E-state index is 0.0154. The van der Waals surface area contributed by atoms with E-state index in [9.17, 15) is 0 Å². The second-order valence-corrected chi connectivity index (χ2v) is 8.51. The van der Waals surface area contributed by atoms with Gasteiger partial charge in [-0.3, -0.25) is 5.41 Å². The molecule has 2 aromatic carbocycles. The van der Waals surface area contributed by atoms with Crippen LogP contribution in [0.5, 0.6) is 0 Å². The van der Waals surface area contributed by atoms with E-state index in [1.807, 2.05) is 18.2 Å². The maximum Gasteiger partial charge on any atom is 0.142 e. The summed E-state index contributed by atoms with van der Waals surface area (Å²) >= 11 is 0. The molecule has 6 N–H and O–H groups in total. The van der Waals surface area contributed by atoms with Crippen molar-refractivity contribution in [3.05, 3.63) is 88.9 Å². The van der Waals surface area contributed by atoms with Crippen LogP contribution in [0.2, 0.25) is 0 Å². The Bertz CT molecular complexity index is 1410. The summed E-state index contributed by atoms with van der Waals surface area (Å²) in [6.07, 6.45) is 3.53. The average Bonchev–Trinajstić information content (AvgIpc) is 2.82. The number of rotatable bonds is 5. The average molecular weight is 464 g/mol. The molecule has 0 radical (unpaired) electrons. The van der Waals surface area contributed by atoms with Crippen molar-refractivity contribution >= 4 is 34.8 Å². The molecule has 2 heterocycles. The summed E-state index contributed by atoms with van der Waals surface area (Å²) in [5.41, 5.74) is 19.7. The van der Waals surface area contributed by atoms with E-state index in [0.717, 1.165) is 33.8 Å². The molecule has 0 aliphatic carbocycles. The highest BCUT2D eigenvalue weighted by Crippen LogP contribution is 2.39.